The highest BCUT2D eigenvalue weighted by molar-refractivity contribution is 7.91. The van der Waals surface area contributed by atoms with E-state index in [-0.39, 0.29) is 23.5 Å². The third-order valence-corrected chi connectivity index (χ3v) is 5.68. The molecule has 2 amide bonds. The molecule has 0 aromatic heterocycles. The van der Waals surface area contributed by atoms with Gasteiger partial charge in [0, 0.05) is 6.54 Å². The minimum absolute atomic E-state index is 0.00432. The van der Waals surface area contributed by atoms with Crippen LogP contribution in [0.5, 0.6) is 0 Å². The van der Waals surface area contributed by atoms with Crippen LogP contribution in [0.15, 0.2) is 12.1 Å². The van der Waals surface area contributed by atoms with Crippen molar-refractivity contribution in [1.29, 1.82) is 0 Å². The Morgan fingerprint density at radius 1 is 1.38 bits per heavy atom. The number of aryl methyl sites for hydroxylation is 2. The molecule has 21 heavy (non-hydrogen) atoms. The molecular weight excluding hydrogens is 312 g/mol. The lowest BCUT2D eigenvalue weighted by Gasteiger charge is -2.14. The second-order valence-electron chi connectivity index (χ2n) is 5.54. The Morgan fingerprint density at radius 3 is 2.67 bits per heavy atom. The Morgan fingerprint density at radius 2 is 2.10 bits per heavy atom. The number of hydrogen-bond donors (Lipinski definition) is 2. The van der Waals surface area contributed by atoms with E-state index in [0.29, 0.717) is 23.7 Å². The van der Waals surface area contributed by atoms with Crippen molar-refractivity contribution in [3.63, 3.8) is 0 Å². The van der Waals surface area contributed by atoms with Gasteiger partial charge in [-0.3, -0.25) is 0 Å². The number of amides is 2. The molecule has 0 bridgehead atoms. The zero-order valence-corrected chi connectivity index (χ0v) is 13.6. The molecule has 0 spiro atoms. The Balaban J connectivity index is 1.91. The van der Waals surface area contributed by atoms with Gasteiger partial charge in [-0.25, -0.2) is 13.2 Å². The number of hydrogen-bond acceptors (Lipinski definition) is 3. The smallest absolute Gasteiger partial charge is 0.319 e. The van der Waals surface area contributed by atoms with E-state index in [1.165, 1.54) is 0 Å². The lowest BCUT2D eigenvalue weighted by Crippen LogP contribution is -2.33. The molecule has 1 aliphatic heterocycles. The molecule has 2 rings (SSSR count). The van der Waals surface area contributed by atoms with Gasteiger partial charge in [0.1, 0.15) is 0 Å². The van der Waals surface area contributed by atoms with Gasteiger partial charge in [-0.2, -0.15) is 0 Å². The number of nitrogens with one attached hydrogen (secondary N) is 2. The van der Waals surface area contributed by atoms with E-state index >= 15 is 0 Å². The van der Waals surface area contributed by atoms with Crippen molar-refractivity contribution in [2.45, 2.75) is 20.3 Å². The van der Waals surface area contributed by atoms with Crippen molar-refractivity contribution in [3.05, 3.63) is 28.3 Å². The summed E-state index contributed by atoms with van der Waals surface area (Å²) in [5.41, 5.74) is 2.50. The van der Waals surface area contributed by atoms with E-state index in [2.05, 4.69) is 10.6 Å². The summed E-state index contributed by atoms with van der Waals surface area (Å²) >= 11 is 6.12. The van der Waals surface area contributed by atoms with E-state index in [4.69, 9.17) is 11.6 Å². The Labute approximate surface area is 130 Å². The van der Waals surface area contributed by atoms with Crippen LogP contribution in [0.4, 0.5) is 10.5 Å². The standard InChI is InChI=1S/C14H19ClN2O3S/c1-9-5-10(2)13(12(15)6-9)17-14(18)16-7-11-3-4-21(19,20)8-11/h5-6,11H,3-4,7-8H2,1-2H3,(H2,16,17,18). The van der Waals surface area contributed by atoms with Gasteiger partial charge >= 0.3 is 6.03 Å². The van der Waals surface area contributed by atoms with Crippen LogP contribution in [0.25, 0.3) is 0 Å². The van der Waals surface area contributed by atoms with Crippen LogP contribution in [0, 0.1) is 19.8 Å². The lowest BCUT2D eigenvalue weighted by atomic mass is 10.1. The normalized spacial score (nSPS) is 20.2. The van der Waals surface area contributed by atoms with Gasteiger partial charge in [-0.05, 0) is 43.4 Å². The number of carbonyl (C=O) groups excluding carboxylic acids is 1. The molecule has 2 N–H and O–H groups in total. The molecular formula is C14H19ClN2O3S. The summed E-state index contributed by atoms with van der Waals surface area (Å²) in [7, 11) is -2.91. The van der Waals surface area contributed by atoms with Crippen molar-refractivity contribution in [1.82, 2.24) is 5.32 Å². The Bertz CT molecular complexity index is 635. The first-order valence-corrected chi connectivity index (χ1v) is 8.99. The average molecular weight is 331 g/mol. The minimum Gasteiger partial charge on any atom is -0.338 e. The highest BCUT2D eigenvalue weighted by atomic mass is 35.5. The second-order valence-corrected chi connectivity index (χ2v) is 8.18. The van der Waals surface area contributed by atoms with Gasteiger partial charge in [-0.1, -0.05) is 17.7 Å². The van der Waals surface area contributed by atoms with Gasteiger partial charge in [-0.15, -0.1) is 0 Å². The fourth-order valence-corrected chi connectivity index (χ4v) is 4.73. The summed E-state index contributed by atoms with van der Waals surface area (Å²) < 4.78 is 22.7. The zero-order valence-electron chi connectivity index (χ0n) is 12.1. The van der Waals surface area contributed by atoms with Crippen molar-refractivity contribution < 1.29 is 13.2 Å². The molecule has 1 aliphatic rings. The van der Waals surface area contributed by atoms with E-state index < -0.39 is 9.84 Å². The quantitative estimate of drug-likeness (QED) is 0.894. The third-order valence-electron chi connectivity index (χ3n) is 3.55. The van der Waals surface area contributed by atoms with Crippen molar-refractivity contribution in [2.75, 3.05) is 23.4 Å². The molecule has 116 valence electrons. The van der Waals surface area contributed by atoms with Crippen LogP contribution < -0.4 is 10.6 Å². The number of urea groups is 1. The molecule has 0 aliphatic carbocycles. The highest BCUT2D eigenvalue weighted by Gasteiger charge is 2.27. The fourth-order valence-electron chi connectivity index (χ4n) is 2.50. The minimum atomic E-state index is -2.91. The number of sulfone groups is 1. The predicted octanol–water partition coefficient (Wildman–Crippen LogP) is 2.51. The summed E-state index contributed by atoms with van der Waals surface area (Å²) in [6, 6.07) is 3.35. The molecule has 1 aromatic carbocycles. The SMILES string of the molecule is Cc1cc(C)c(NC(=O)NCC2CCS(=O)(=O)C2)c(Cl)c1. The molecule has 1 fully saturated rings. The van der Waals surface area contributed by atoms with Crippen molar-refractivity contribution >= 4 is 33.2 Å². The fraction of sp³-hybridized carbons (Fsp3) is 0.500. The molecule has 1 heterocycles. The number of halogens is 1. The van der Waals surface area contributed by atoms with Gasteiger partial charge in [0.2, 0.25) is 0 Å². The first kappa shape index (κ1) is 16.1. The molecule has 1 atom stereocenters. The van der Waals surface area contributed by atoms with Crippen molar-refractivity contribution in [3.8, 4) is 0 Å². The molecule has 7 heteroatoms. The highest BCUT2D eigenvalue weighted by Crippen LogP contribution is 2.27. The van der Waals surface area contributed by atoms with Crippen LogP contribution in [-0.2, 0) is 9.84 Å². The Hall–Kier alpha value is -1.27. The van der Waals surface area contributed by atoms with Crippen LogP contribution in [-0.4, -0.2) is 32.5 Å². The third kappa shape index (κ3) is 4.35. The maximum atomic E-state index is 11.9. The lowest BCUT2D eigenvalue weighted by molar-refractivity contribution is 0.250. The summed E-state index contributed by atoms with van der Waals surface area (Å²) in [5, 5.41) is 5.92. The van der Waals surface area contributed by atoms with Gasteiger partial charge in [0.15, 0.2) is 9.84 Å². The van der Waals surface area contributed by atoms with Crippen LogP contribution in [0.3, 0.4) is 0 Å². The van der Waals surface area contributed by atoms with E-state index in [1.54, 1.807) is 6.07 Å². The van der Waals surface area contributed by atoms with Gasteiger partial charge in [0.25, 0.3) is 0 Å². The average Bonchev–Trinajstić information content (AvgIpc) is 2.71. The number of anilines is 1. The topological polar surface area (TPSA) is 75.3 Å². The number of rotatable bonds is 3. The summed E-state index contributed by atoms with van der Waals surface area (Å²) in [6.45, 7) is 4.16. The molecule has 1 unspecified atom stereocenters. The molecule has 0 radical (unpaired) electrons. The number of carbonyl (C=O) groups is 1. The van der Waals surface area contributed by atoms with Crippen LogP contribution in [0.1, 0.15) is 17.5 Å². The van der Waals surface area contributed by atoms with Crippen LogP contribution in [0.2, 0.25) is 5.02 Å². The predicted molar refractivity (Wildman–Crippen MR) is 84.7 cm³/mol. The Kier molecular flexibility index (Phi) is 4.78. The van der Waals surface area contributed by atoms with E-state index in [9.17, 15) is 13.2 Å². The van der Waals surface area contributed by atoms with Gasteiger partial charge < -0.3 is 10.6 Å². The maximum absolute atomic E-state index is 11.9. The first-order chi connectivity index (χ1) is 9.77. The second kappa shape index (κ2) is 6.23. The maximum Gasteiger partial charge on any atom is 0.319 e. The monoisotopic (exact) mass is 330 g/mol. The molecule has 0 saturated carbocycles. The molecule has 5 nitrogen and oxygen atoms in total. The van der Waals surface area contributed by atoms with Crippen LogP contribution >= 0.6 is 11.6 Å². The largest absolute Gasteiger partial charge is 0.338 e. The molecule has 1 saturated heterocycles. The van der Waals surface area contributed by atoms with Crippen molar-refractivity contribution in [2.24, 2.45) is 5.92 Å². The summed E-state index contributed by atoms with van der Waals surface area (Å²) in [5.74, 6) is 0.358. The zero-order chi connectivity index (χ0) is 15.6. The van der Waals surface area contributed by atoms with E-state index in [1.807, 2.05) is 19.9 Å². The molecule has 1 aromatic rings. The number of benzene rings is 1. The summed E-state index contributed by atoms with van der Waals surface area (Å²) in [6.07, 6.45) is 0.604. The van der Waals surface area contributed by atoms with E-state index in [0.717, 1.165) is 11.1 Å². The summed E-state index contributed by atoms with van der Waals surface area (Å²) in [4.78, 5) is 11.9. The first-order valence-electron chi connectivity index (χ1n) is 6.79. The van der Waals surface area contributed by atoms with Gasteiger partial charge in [0.05, 0.1) is 22.2 Å².